The molecule has 0 saturated carbocycles. The van der Waals surface area contributed by atoms with Crippen molar-refractivity contribution < 1.29 is 4.79 Å². The third kappa shape index (κ3) is 3.93. The fraction of sp³-hybridized carbons (Fsp3) is 0.458. The van der Waals surface area contributed by atoms with Crippen molar-refractivity contribution in [2.75, 3.05) is 19.6 Å². The zero-order valence-electron chi connectivity index (χ0n) is 16.3. The van der Waals surface area contributed by atoms with Crippen LogP contribution in [0.15, 0.2) is 60.7 Å². The van der Waals surface area contributed by atoms with Gasteiger partial charge in [0.2, 0.25) is 5.91 Å². The van der Waals surface area contributed by atoms with E-state index in [2.05, 4.69) is 71.3 Å². The van der Waals surface area contributed by atoms with Crippen LogP contribution in [0.1, 0.15) is 43.4 Å². The van der Waals surface area contributed by atoms with Crippen LogP contribution in [-0.2, 0) is 11.2 Å². The molecule has 2 aliphatic rings. The second-order valence-electron chi connectivity index (χ2n) is 8.02. The van der Waals surface area contributed by atoms with Crippen molar-refractivity contribution in [2.24, 2.45) is 5.92 Å². The number of rotatable bonds is 5. The summed E-state index contributed by atoms with van der Waals surface area (Å²) in [6.45, 7) is 5.03. The van der Waals surface area contributed by atoms with E-state index < -0.39 is 0 Å². The minimum absolute atomic E-state index is 0.0541. The normalized spacial score (nSPS) is 24.5. The number of hydrogen-bond acceptors (Lipinski definition) is 2. The molecule has 0 spiro atoms. The van der Waals surface area contributed by atoms with E-state index in [0.29, 0.717) is 17.9 Å². The summed E-state index contributed by atoms with van der Waals surface area (Å²) in [6, 6.07) is 21.5. The molecule has 0 bridgehead atoms. The number of nitrogens with zero attached hydrogens (tertiary/aromatic N) is 2. The zero-order valence-corrected chi connectivity index (χ0v) is 16.3. The molecule has 2 aromatic rings. The molecular formula is C24H30N2O. The summed E-state index contributed by atoms with van der Waals surface area (Å²) in [5.41, 5.74) is 2.62. The Kier molecular flexibility index (Phi) is 5.58. The molecule has 2 aromatic carbocycles. The number of carbonyl (C=O) groups excluding carboxylic acids is 1. The van der Waals surface area contributed by atoms with E-state index in [4.69, 9.17) is 0 Å². The fourth-order valence-electron chi connectivity index (χ4n) is 4.86. The van der Waals surface area contributed by atoms with Crippen LogP contribution >= 0.6 is 0 Å². The zero-order chi connectivity index (χ0) is 18.6. The molecule has 2 aliphatic heterocycles. The van der Waals surface area contributed by atoms with Gasteiger partial charge in [-0.3, -0.25) is 9.69 Å². The Morgan fingerprint density at radius 2 is 1.67 bits per heavy atom. The molecule has 0 radical (unpaired) electrons. The van der Waals surface area contributed by atoms with Gasteiger partial charge in [-0.1, -0.05) is 60.7 Å². The van der Waals surface area contributed by atoms with E-state index in [-0.39, 0.29) is 6.04 Å². The van der Waals surface area contributed by atoms with Crippen LogP contribution in [0.25, 0.3) is 0 Å². The monoisotopic (exact) mass is 362 g/mol. The van der Waals surface area contributed by atoms with E-state index in [9.17, 15) is 4.79 Å². The summed E-state index contributed by atoms with van der Waals surface area (Å²) in [7, 11) is 0. The summed E-state index contributed by atoms with van der Waals surface area (Å²) in [5.74, 6) is 0.874. The van der Waals surface area contributed by atoms with Gasteiger partial charge in [0.25, 0.3) is 0 Å². The van der Waals surface area contributed by atoms with Crippen molar-refractivity contribution in [2.45, 2.75) is 44.7 Å². The lowest BCUT2D eigenvalue weighted by molar-refractivity contribution is -0.137. The summed E-state index contributed by atoms with van der Waals surface area (Å²) in [4.78, 5) is 18.1. The van der Waals surface area contributed by atoms with Crippen molar-refractivity contribution >= 4 is 5.91 Å². The predicted molar refractivity (Wildman–Crippen MR) is 109 cm³/mol. The van der Waals surface area contributed by atoms with E-state index in [0.717, 1.165) is 38.9 Å². The highest BCUT2D eigenvalue weighted by molar-refractivity contribution is 5.83. The van der Waals surface area contributed by atoms with Crippen LogP contribution in [0.3, 0.4) is 0 Å². The first-order valence-electron chi connectivity index (χ1n) is 10.4. The van der Waals surface area contributed by atoms with Crippen molar-refractivity contribution in [1.29, 1.82) is 0 Å². The van der Waals surface area contributed by atoms with Gasteiger partial charge in [-0.2, -0.15) is 0 Å². The van der Waals surface area contributed by atoms with Gasteiger partial charge in [-0.15, -0.1) is 0 Å². The van der Waals surface area contributed by atoms with Crippen LogP contribution < -0.4 is 0 Å². The van der Waals surface area contributed by atoms with Crippen LogP contribution in [0.2, 0.25) is 0 Å². The Hall–Kier alpha value is -2.13. The topological polar surface area (TPSA) is 23.6 Å². The molecule has 0 N–H and O–H groups in total. The highest BCUT2D eigenvalue weighted by atomic mass is 16.2. The van der Waals surface area contributed by atoms with Gasteiger partial charge in [-0.25, -0.2) is 0 Å². The molecule has 0 aromatic heterocycles. The van der Waals surface area contributed by atoms with Gasteiger partial charge < -0.3 is 4.90 Å². The molecule has 3 heteroatoms. The Morgan fingerprint density at radius 3 is 2.41 bits per heavy atom. The van der Waals surface area contributed by atoms with Crippen LogP contribution in [0.5, 0.6) is 0 Å². The van der Waals surface area contributed by atoms with E-state index in [1.54, 1.807) is 0 Å². The lowest BCUT2D eigenvalue weighted by Crippen LogP contribution is -2.48. The smallest absolute Gasteiger partial charge is 0.240 e. The summed E-state index contributed by atoms with van der Waals surface area (Å²) >= 11 is 0. The maximum Gasteiger partial charge on any atom is 0.240 e. The fourth-order valence-corrected chi connectivity index (χ4v) is 4.86. The van der Waals surface area contributed by atoms with Crippen molar-refractivity contribution in [3.63, 3.8) is 0 Å². The molecule has 2 fully saturated rings. The van der Waals surface area contributed by atoms with Crippen LogP contribution in [0, 0.1) is 5.92 Å². The first-order chi connectivity index (χ1) is 13.2. The first-order valence-corrected chi connectivity index (χ1v) is 10.4. The molecule has 142 valence electrons. The van der Waals surface area contributed by atoms with E-state index >= 15 is 0 Å². The minimum atomic E-state index is 0.0541. The van der Waals surface area contributed by atoms with Crippen LogP contribution in [-0.4, -0.2) is 41.4 Å². The Balaban J connectivity index is 1.49. The molecule has 4 rings (SSSR count). The maximum absolute atomic E-state index is 13.5. The second kappa shape index (κ2) is 8.26. The van der Waals surface area contributed by atoms with Gasteiger partial charge in [0.05, 0.1) is 6.04 Å². The Bertz CT molecular complexity index is 745. The number of hydrogen-bond donors (Lipinski definition) is 0. The average Bonchev–Trinajstić information content (AvgIpc) is 3.08. The highest BCUT2D eigenvalue weighted by Gasteiger charge is 2.44. The second-order valence-corrected chi connectivity index (χ2v) is 8.02. The van der Waals surface area contributed by atoms with Crippen molar-refractivity contribution in [3.05, 3.63) is 71.8 Å². The molecule has 27 heavy (non-hydrogen) atoms. The van der Waals surface area contributed by atoms with E-state index in [1.807, 2.05) is 6.07 Å². The number of fused-ring (bicyclic) bond motifs is 1. The molecule has 3 nitrogen and oxygen atoms in total. The molecule has 2 heterocycles. The number of likely N-dealkylation sites (tertiary alicyclic amines) is 2. The minimum Gasteiger partial charge on any atom is -0.341 e. The van der Waals surface area contributed by atoms with E-state index in [1.165, 1.54) is 17.5 Å². The third-order valence-electron chi connectivity index (χ3n) is 6.42. The summed E-state index contributed by atoms with van der Waals surface area (Å²) in [6.07, 6.45) is 4.41. The largest absolute Gasteiger partial charge is 0.341 e. The Morgan fingerprint density at radius 1 is 0.963 bits per heavy atom. The summed E-state index contributed by atoms with van der Waals surface area (Å²) in [5, 5.41) is 0. The molecule has 3 atom stereocenters. The molecule has 2 saturated heterocycles. The van der Waals surface area contributed by atoms with Gasteiger partial charge >= 0.3 is 0 Å². The maximum atomic E-state index is 13.5. The average molecular weight is 363 g/mol. The quantitative estimate of drug-likeness (QED) is 0.792. The van der Waals surface area contributed by atoms with Gasteiger partial charge in [0.15, 0.2) is 0 Å². The Labute approximate surface area is 163 Å². The highest BCUT2D eigenvalue weighted by Crippen LogP contribution is 2.37. The summed E-state index contributed by atoms with van der Waals surface area (Å²) < 4.78 is 0. The number of carbonyl (C=O) groups is 1. The molecule has 0 aliphatic carbocycles. The SMILES string of the molecule is C[C@@H](c1ccccc1)N1CC[C@H]2CCCN(CCc3ccccc3)C(=O)C21. The third-order valence-corrected chi connectivity index (χ3v) is 6.42. The first kappa shape index (κ1) is 18.2. The molecular weight excluding hydrogens is 332 g/mol. The van der Waals surface area contributed by atoms with Crippen molar-refractivity contribution in [3.8, 4) is 0 Å². The van der Waals surface area contributed by atoms with Gasteiger partial charge in [0.1, 0.15) is 0 Å². The number of benzene rings is 2. The van der Waals surface area contributed by atoms with Gasteiger partial charge in [0, 0.05) is 19.1 Å². The molecule has 1 amide bonds. The number of amides is 1. The van der Waals surface area contributed by atoms with Crippen LogP contribution in [0.4, 0.5) is 0 Å². The lowest BCUT2D eigenvalue weighted by Gasteiger charge is -2.34. The molecule has 1 unspecified atom stereocenters. The predicted octanol–water partition coefficient (Wildman–Crippen LogP) is 4.30. The standard InChI is InChI=1S/C24H30N2O/c1-19(21-11-6-3-7-12-21)26-18-15-22-13-8-16-25(24(27)23(22)26)17-14-20-9-4-2-5-10-20/h2-7,9-12,19,22-23H,8,13-18H2,1H3/t19-,22+,23?/m0/s1. The van der Waals surface area contributed by atoms with Gasteiger partial charge in [-0.05, 0) is 56.2 Å². The van der Waals surface area contributed by atoms with Crippen molar-refractivity contribution in [1.82, 2.24) is 9.80 Å². The lowest BCUT2D eigenvalue weighted by atomic mass is 9.95.